The summed E-state index contributed by atoms with van der Waals surface area (Å²) in [7, 11) is 0. The first-order chi connectivity index (χ1) is 21.1. The van der Waals surface area contributed by atoms with Gasteiger partial charge in [-0.15, -0.1) is 0 Å². The highest BCUT2D eigenvalue weighted by Crippen LogP contribution is 2.35. The molecule has 0 heterocycles. The molecule has 7 aromatic rings. The fourth-order valence-electron chi connectivity index (χ4n) is 5.32. The molecule has 0 saturated carbocycles. The smallest absolute Gasteiger partial charge is 0.258 e. The third kappa shape index (κ3) is 5.03. The fourth-order valence-corrected chi connectivity index (χ4v) is 5.32. The second kappa shape index (κ2) is 10.9. The van der Waals surface area contributed by atoms with Crippen LogP contribution in [-0.4, -0.2) is 4.92 Å². The van der Waals surface area contributed by atoms with Crippen LogP contribution in [-0.2, 0) is 0 Å². The van der Waals surface area contributed by atoms with E-state index in [4.69, 9.17) is 0 Å². The predicted octanol–water partition coefficient (Wildman–Crippen LogP) is 8.69. The number of hydrogen-bond donors (Lipinski definition) is 0. The summed E-state index contributed by atoms with van der Waals surface area (Å²) in [5, 5.41) is 18.3. The van der Waals surface area contributed by atoms with Crippen LogP contribution in [0.5, 0.6) is 0 Å². The SMILES string of the molecule is O=[N+]([O-])c1ccc(C#Cc2ccccc2C#Cc2ccccc2C#Cc2ccc3ccc4cccc5ccc2c3c45)cc1. The topological polar surface area (TPSA) is 43.1 Å². The Balaban J connectivity index is 1.23. The molecular formula is C40H21NO2. The lowest BCUT2D eigenvalue weighted by molar-refractivity contribution is -0.384. The van der Waals surface area contributed by atoms with Crippen molar-refractivity contribution >= 4 is 38.0 Å². The van der Waals surface area contributed by atoms with Crippen LogP contribution in [0, 0.1) is 45.6 Å². The van der Waals surface area contributed by atoms with E-state index >= 15 is 0 Å². The van der Waals surface area contributed by atoms with Crippen molar-refractivity contribution in [3.05, 3.63) is 171 Å². The zero-order chi connectivity index (χ0) is 29.2. The maximum absolute atomic E-state index is 10.9. The van der Waals surface area contributed by atoms with E-state index in [-0.39, 0.29) is 5.69 Å². The zero-order valence-corrected chi connectivity index (χ0v) is 22.9. The van der Waals surface area contributed by atoms with Gasteiger partial charge in [0.15, 0.2) is 0 Å². The highest BCUT2D eigenvalue weighted by Gasteiger charge is 2.10. The van der Waals surface area contributed by atoms with Crippen molar-refractivity contribution in [1.29, 1.82) is 0 Å². The Morgan fingerprint density at radius 2 is 0.884 bits per heavy atom. The molecule has 0 aliphatic rings. The minimum absolute atomic E-state index is 0.0396. The molecule has 0 amide bonds. The van der Waals surface area contributed by atoms with Crippen molar-refractivity contribution in [2.75, 3.05) is 0 Å². The van der Waals surface area contributed by atoms with E-state index in [1.54, 1.807) is 12.1 Å². The van der Waals surface area contributed by atoms with Crippen molar-refractivity contribution in [2.24, 2.45) is 0 Å². The predicted molar refractivity (Wildman–Crippen MR) is 174 cm³/mol. The van der Waals surface area contributed by atoms with Gasteiger partial charge in [-0.25, -0.2) is 0 Å². The number of non-ortho nitro benzene ring substituents is 1. The van der Waals surface area contributed by atoms with E-state index in [2.05, 4.69) is 90.1 Å². The maximum atomic E-state index is 10.9. The van der Waals surface area contributed by atoms with Gasteiger partial charge in [0.2, 0.25) is 0 Å². The lowest BCUT2D eigenvalue weighted by atomic mass is 9.92. The fraction of sp³-hybridized carbons (Fsp3) is 0. The molecule has 0 N–H and O–H groups in total. The molecule has 7 rings (SSSR count). The molecule has 0 unspecified atom stereocenters. The molecule has 0 bridgehead atoms. The molecule has 3 heteroatoms. The number of nitrogens with zero attached hydrogens (tertiary/aromatic N) is 1. The average molecular weight is 548 g/mol. The summed E-state index contributed by atoms with van der Waals surface area (Å²) in [5.74, 6) is 19.7. The number of nitro benzene ring substituents is 1. The van der Waals surface area contributed by atoms with Gasteiger partial charge in [-0.2, -0.15) is 0 Å². The number of benzene rings is 7. The van der Waals surface area contributed by atoms with Crippen molar-refractivity contribution in [3.8, 4) is 35.5 Å². The molecule has 0 aromatic heterocycles. The van der Waals surface area contributed by atoms with Crippen LogP contribution in [0.15, 0.2) is 127 Å². The second-order valence-corrected chi connectivity index (χ2v) is 10.1. The molecule has 198 valence electrons. The van der Waals surface area contributed by atoms with Crippen LogP contribution in [0.25, 0.3) is 32.3 Å². The number of nitro groups is 1. The second-order valence-electron chi connectivity index (χ2n) is 10.1. The Bertz CT molecular complexity index is 2370. The molecule has 7 aromatic carbocycles. The first-order valence-electron chi connectivity index (χ1n) is 13.8. The quantitative estimate of drug-likeness (QED) is 0.0893. The van der Waals surface area contributed by atoms with E-state index in [1.165, 1.54) is 39.1 Å². The van der Waals surface area contributed by atoms with Gasteiger partial charge < -0.3 is 0 Å². The zero-order valence-electron chi connectivity index (χ0n) is 22.9. The Kier molecular flexibility index (Phi) is 6.50. The summed E-state index contributed by atoms with van der Waals surface area (Å²) >= 11 is 0. The maximum Gasteiger partial charge on any atom is 0.269 e. The van der Waals surface area contributed by atoms with Crippen molar-refractivity contribution in [3.63, 3.8) is 0 Å². The van der Waals surface area contributed by atoms with Crippen LogP contribution >= 0.6 is 0 Å². The van der Waals surface area contributed by atoms with E-state index in [1.807, 2.05) is 48.5 Å². The monoisotopic (exact) mass is 547 g/mol. The van der Waals surface area contributed by atoms with Gasteiger partial charge in [0.1, 0.15) is 0 Å². The van der Waals surface area contributed by atoms with Crippen LogP contribution in [0.4, 0.5) is 5.69 Å². The van der Waals surface area contributed by atoms with Crippen LogP contribution < -0.4 is 0 Å². The van der Waals surface area contributed by atoms with E-state index in [0.717, 1.165) is 33.2 Å². The number of hydrogen-bond acceptors (Lipinski definition) is 2. The van der Waals surface area contributed by atoms with Gasteiger partial charge in [-0.1, -0.05) is 108 Å². The summed E-state index contributed by atoms with van der Waals surface area (Å²) in [5.41, 5.74) is 5.00. The Morgan fingerprint density at radius 1 is 0.419 bits per heavy atom. The Hall–Kier alpha value is -6.34. The van der Waals surface area contributed by atoms with Gasteiger partial charge in [-0.05, 0) is 74.8 Å². The molecule has 0 radical (unpaired) electrons. The summed E-state index contributed by atoms with van der Waals surface area (Å²) < 4.78 is 0. The molecule has 0 atom stereocenters. The van der Waals surface area contributed by atoms with E-state index in [0.29, 0.717) is 5.56 Å². The lowest BCUT2D eigenvalue weighted by Crippen LogP contribution is -1.88. The van der Waals surface area contributed by atoms with Gasteiger partial charge in [0, 0.05) is 45.5 Å². The van der Waals surface area contributed by atoms with Crippen molar-refractivity contribution in [2.45, 2.75) is 0 Å². The summed E-state index contributed by atoms with van der Waals surface area (Å²) in [6.45, 7) is 0. The Labute approximate surface area is 248 Å². The molecule has 43 heavy (non-hydrogen) atoms. The van der Waals surface area contributed by atoms with Gasteiger partial charge in [0.25, 0.3) is 5.69 Å². The molecule has 0 aliphatic carbocycles. The molecule has 3 nitrogen and oxygen atoms in total. The third-order valence-electron chi connectivity index (χ3n) is 7.47. The van der Waals surface area contributed by atoms with Gasteiger partial charge in [-0.3, -0.25) is 10.1 Å². The third-order valence-corrected chi connectivity index (χ3v) is 7.47. The highest BCUT2D eigenvalue weighted by atomic mass is 16.6. The minimum Gasteiger partial charge on any atom is -0.258 e. The average Bonchev–Trinajstić information content (AvgIpc) is 3.05. The molecule has 0 aliphatic heterocycles. The molecular weight excluding hydrogens is 526 g/mol. The van der Waals surface area contributed by atoms with Gasteiger partial charge >= 0.3 is 0 Å². The van der Waals surface area contributed by atoms with Crippen molar-refractivity contribution in [1.82, 2.24) is 0 Å². The molecule has 0 spiro atoms. The summed E-state index contributed by atoms with van der Waals surface area (Å²) in [6, 6.07) is 41.2. The van der Waals surface area contributed by atoms with Crippen LogP contribution in [0.2, 0.25) is 0 Å². The van der Waals surface area contributed by atoms with Gasteiger partial charge in [0.05, 0.1) is 4.92 Å². The molecule has 0 fully saturated rings. The van der Waals surface area contributed by atoms with Crippen LogP contribution in [0.3, 0.4) is 0 Å². The largest absolute Gasteiger partial charge is 0.269 e. The Morgan fingerprint density at radius 3 is 1.44 bits per heavy atom. The van der Waals surface area contributed by atoms with E-state index < -0.39 is 4.92 Å². The lowest BCUT2D eigenvalue weighted by Gasteiger charge is -2.11. The molecule has 0 saturated heterocycles. The summed E-state index contributed by atoms with van der Waals surface area (Å²) in [6.07, 6.45) is 0. The highest BCUT2D eigenvalue weighted by molar-refractivity contribution is 6.23. The normalized spacial score (nSPS) is 10.4. The van der Waals surface area contributed by atoms with Crippen LogP contribution in [0.1, 0.15) is 33.4 Å². The summed E-state index contributed by atoms with van der Waals surface area (Å²) in [4.78, 5) is 10.5. The standard InChI is InChI=1S/C40H21NO2/c42-41(43)37-25-13-28(14-26-37)12-15-29-6-1-2-7-30(29)16-17-31-8-3-4-9-32(31)18-19-33-20-21-36-23-22-34-10-5-11-35-24-27-38(33)40(36)39(34)35/h1-11,13-14,20-27H. The van der Waals surface area contributed by atoms with E-state index in [9.17, 15) is 10.1 Å². The first-order valence-corrected chi connectivity index (χ1v) is 13.8. The first kappa shape index (κ1) is 25.6. The minimum atomic E-state index is -0.421. The van der Waals surface area contributed by atoms with Crippen molar-refractivity contribution < 1.29 is 4.92 Å². The number of rotatable bonds is 1.